The topological polar surface area (TPSA) is 67.8 Å². The average Bonchev–Trinajstić information content (AvgIpc) is 3.70. The van der Waals surface area contributed by atoms with Crippen LogP contribution in [-0.4, -0.2) is 23.3 Å². The Bertz CT molecular complexity index is 1410. The van der Waals surface area contributed by atoms with E-state index in [9.17, 15) is 9.90 Å². The van der Waals surface area contributed by atoms with Crippen molar-refractivity contribution in [3.8, 4) is 11.1 Å². The maximum atomic E-state index is 13.4. The zero-order chi connectivity index (χ0) is 26.3. The minimum absolute atomic E-state index is 0.0201. The summed E-state index contributed by atoms with van der Waals surface area (Å²) >= 11 is 0. The third-order valence-electron chi connectivity index (χ3n) is 9.22. The van der Waals surface area contributed by atoms with Gasteiger partial charge < -0.3 is 19.9 Å². The fraction of sp³-hybridized carbons (Fsp3) is 0.382. The Morgan fingerprint density at radius 2 is 1.74 bits per heavy atom. The van der Waals surface area contributed by atoms with Gasteiger partial charge in [0.1, 0.15) is 0 Å². The predicted molar refractivity (Wildman–Crippen MR) is 150 cm³/mol. The fourth-order valence-electron chi connectivity index (χ4n) is 7.14. The van der Waals surface area contributed by atoms with Gasteiger partial charge in [-0.1, -0.05) is 73.2 Å². The summed E-state index contributed by atoms with van der Waals surface area (Å²) in [5, 5.41) is 12.6. The molecule has 1 heterocycles. The van der Waals surface area contributed by atoms with Crippen LogP contribution in [0.2, 0.25) is 0 Å². The van der Waals surface area contributed by atoms with Crippen molar-refractivity contribution in [1.29, 1.82) is 0 Å². The first-order valence-electron chi connectivity index (χ1n) is 14.3. The molecule has 7 rings (SSSR count). The first-order chi connectivity index (χ1) is 19.1. The highest BCUT2D eigenvalue weighted by Crippen LogP contribution is 2.45. The first kappa shape index (κ1) is 24.6. The number of carbonyl (C=O) groups is 1. The van der Waals surface area contributed by atoms with E-state index in [1.165, 1.54) is 47.1 Å². The molecule has 3 aliphatic carbocycles. The Hall–Kier alpha value is -3.41. The summed E-state index contributed by atoms with van der Waals surface area (Å²) in [6, 6.07) is 23.3. The highest BCUT2D eigenvalue weighted by Gasteiger charge is 2.41. The normalized spacial score (nSPS) is 26.5. The van der Waals surface area contributed by atoms with Crippen molar-refractivity contribution in [1.82, 2.24) is 5.32 Å². The average molecular weight is 522 g/mol. The molecule has 39 heavy (non-hydrogen) atoms. The summed E-state index contributed by atoms with van der Waals surface area (Å²) in [5.74, 6) is 1.64. The molecule has 2 bridgehead atoms. The largest absolute Gasteiger partial charge is 0.459 e. The molecule has 0 aromatic heterocycles. The predicted octanol–water partition coefficient (Wildman–Crippen LogP) is 5.99. The lowest BCUT2D eigenvalue weighted by atomic mass is 9.90. The van der Waals surface area contributed by atoms with Gasteiger partial charge in [-0.15, -0.1) is 0 Å². The maximum absolute atomic E-state index is 13.4. The molecule has 3 unspecified atom stereocenters. The van der Waals surface area contributed by atoms with Crippen LogP contribution < -0.4 is 5.32 Å². The van der Waals surface area contributed by atoms with Crippen molar-refractivity contribution in [3.05, 3.63) is 106 Å². The van der Waals surface area contributed by atoms with Gasteiger partial charge in [-0.3, -0.25) is 4.79 Å². The van der Waals surface area contributed by atoms with Crippen molar-refractivity contribution >= 4 is 5.91 Å². The van der Waals surface area contributed by atoms with E-state index in [0.29, 0.717) is 24.7 Å². The molecule has 2 fully saturated rings. The minimum Gasteiger partial charge on any atom is -0.459 e. The quantitative estimate of drug-likeness (QED) is 0.314. The van der Waals surface area contributed by atoms with Gasteiger partial charge >= 0.3 is 0 Å². The summed E-state index contributed by atoms with van der Waals surface area (Å²) < 4.78 is 12.4. The van der Waals surface area contributed by atoms with Gasteiger partial charge in [0.05, 0.1) is 13.2 Å². The van der Waals surface area contributed by atoms with Gasteiger partial charge in [0, 0.05) is 18.4 Å². The first-order valence-corrected chi connectivity index (χ1v) is 14.3. The molecule has 5 nitrogen and oxygen atoms in total. The van der Waals surface area contributed by atoms with Crippen LogP contribution in [0.1, 0.15) is 65.8 Å². The van der Waals surface area contributed by atoms with E-state index in [1.54, 1.807) is 0 Å². The molecule has 0 saturated heterocycles. The van der Waals surface area contributed by atoms with Crippen LogP contribution in [0.25, 0.3) is 11.1 Å². The fourth-order valence-corrected chi connectivity index (χ4v) is 7.14. The molecule has 5 atom stereocenters. The second kappa shape index (κ2) is 10.3. The van der Waals surface area contributed by atoms with Gasteiger partial charge in [-0.05, 0) is 82.5 Å². The van der Waals surface area contributed by atoms with E-state index in [0.717, 1.165) is 29.9 Å². The number of ether oxygens (including phenoxy) is 2. The lowest BCUT2D eigenvalue weighted by Gasteiger charge is -2.31. The number of aliphatic hydroxyl groups is 1. The third kappa shape index (κ3) is 4.90. The van der Waals surface area contributed by atoms with Crippen LogP contribution >= 0.6 is 0 Å². The van der Waals surface area contributed by atoms with Crippen molar-refractivity contribution in [3.63, 3.8) is 0 Å². The standard InChI is InChI=1S/C34H35NO4/c36-19-21-5-7-22(8-6-21)20-38-33-18-27(17-32(39-33)34(37)35-31-14-23-9-10-26(31)13-23)24-11-12-30-28(15-24)16-25-3-1-2-4-29(25)30/h1-8,11-12,15,17,23,26-27,31,33,36H,9-10,13-14,16,18-20H2,(H,35,37)/t23?,26?,27-,31?,33+/m1/s1. The number of aliphatic hydroxyl groups excluding tert-OH is 1. The summed E-state index contributed by atoms with van der Waals surface area (Å²) in [7, 11) is 0. The van der Waals surface area contributed by atoms with Crippen LogP contribution in [-0.2, 0) is 33.9 Å². The molecule has 3 aromatic carbocycles. The Balaban J connectivity index is 1.12. The lowest BCUT2D eigenvalue weighted by Crippen LogP contribution is -2.41. The molecule has 0 radical (unpaired) electrons. The van der Waals surface area contributed by atoms with Crippen LogP contribution in [0, 0.1) is 11.8 Å². The van der Waals surface area contributed by atoms with Gasteiger partial charge in [-0.25, -0.2) is 0 Å². The van der Waals surface area contributed by atoms with Gasteiger partial charge in [0.2, 0.25) is 6.29 Å². The molecule has 4 aliphatic rings. The molecule has 1 amide bonds. The smallest absolute Gasteiger partial charge is 0.286 e. The highest BCUT2D eigenvalue weighted by molar-refractivity contribution is 5.92. The molecule has 2 N–H and O–H groups in total. The van der Waals surface area contributed by atoms with Crippen molar-refractivity contribution in [2.75, 3.05) is 0 Å². The second-order valence-electron chi connectivity index (χ2n) is 11.7. The highest BCUT2D eigenvalue weighted by atomic mass is 16.7. The Morgan fingerprint density at radius 1 is 0.923 bits per heavy atom. The number of nitrogens with one attached hydrogen (secondary N) is 1. The number of rotatable bonds is 7. The summed E-state index contributed by atoms with van der Waals surface area (Å²) in [5.41, 5.74) is 8.39. The molecule has 200 valence electrons. The van der Waals surface area contributed by atoms with Crippen molar-refractivity contribution < 1.29 is 19.4 Å². The number of allylic oxidation sites excluding steroid dienone is 1. The lowest BCUT2D eigenvalue weighted by molar-refractivity contribution is -0.150. The monoisotopic (exact) mass is 521 g/mol. The van der Waals surface area contributed by atoms with E-state index < -0.39 is 6.29 Å². The summed E-state index contributed by atoms with van der Waals surface area (Å²) in [4.78, 5) is 13.4. The maximum Gasteiger partial charge on any atom is 0.286 e. The number of carbonyl (C=O) groups excluding carboxylic acids is 1. The second-order valence-corrected chi connectivity index (χ2v) is 11.7. The van der Waals surface area contributed by atoms with Crippen LogP contribution in [0.15, 0.2) is 78.6 Å². The van der Waals surface area contributed by atoms with E-state index >= 15 is 0 Å². The zero-order valence-electron chi connectivity index (χ0n) is 22.1. The van der Waals surface area contributed by atoms with Crippen molar-refractivity contribution in [2.45, 2.75) is 70.0 Å². The molecular formula is C34H35NO4. The van der Waals surface area contributed by atoms with Crippen LogP contribution in [0.5, 0.6) is 0 Å². The third-order valence-corrected chi connectivity index (χ3v) is 9.22. The molecule has 3 aromatic rings. The summed E-state index contributed by atoms with van der Waals surface area (Å²) in [6.07, 6.45) is 7.91. The van der Waals surface area contributed by atoms with Gasteiger partial charge in [0.25, 0.3) is 5.91 Å². The number of hydrogen-bond acceptors (Lipinski definition) is 4. The minimum atomic E-state index is -0.524. The van der Waals surface area contributed by atoms with E-state index in [-0.39, 0.29) is 24.5 Å². The van der Waals surface area contributed by atoms with Crippen molar-refractivity contribution in [2.24, 2.45) is 11.8 Å². The number of fused-ring (bicyclic) bond motifs is 5. The number of hydrogen-bond donors (Lipinski definition) is 2. The molecule has 5 heteroatoms. The molecule has 1 aliphatic heterocycles. The molecular weight excluding hydrogens is 486 g/mol. The SMILES string of the molecule is O=C(NC1CC2CCC1C2)C1=C[C@@H](c2ccc3c(c2)Cc2ccccc2-3)C[C@@H](OCc2ccc(CO)cc2)O1. The van der Waals surface area contributed by atoms with E-state index in [1.807, 2.05) is 30.3 Å². The van der Waals surface area contributed by atoms with Gasteiger partial charge in [0.15, 0.2) is 5.76 Å². The molecule has 2 saturated carbocycles. The summed E-state index contributed by atoms with van der Waals surface area (Å²) in [6.45, 7) is 0.399. The van der Waals surface area contributed by atoms with E-state index in [2.05, 4.69) is 47.8 Å². The Labute approximate surface area is 229 Å². The molecule has 0 spiro atoms. The van der Waals surface area contributed by atoms with Gasteiger partial charge in [-0.2, -0.15) is 0 Å². The Kier molecular flexibility index (Phi) is 6.49. The Morgan fingerprint density at radius 3 is 2.54 bits per heavy atom. The number of benzene rings is 3. The zero-order valence-corrected chi connectivity index (χ0v) is 22.1. The van der Waals surface area contributed by atoms with E-state index in [4.69, 9.17) is 9.47 Å². The van der Waals surface area contributed by atoms with Crippen LogP contribution in [0.4, 0.5) is 0 Å². The van der Waals surface area contributed by atoms with Crippen LogP contribution in [0.3, 0.4) is 0 Å². The number of amides is 1.